The largest absolute Gasteiger partial charge is 0.416 e. The zero-order valence-electron chi connectivity index (χ0n) is 17.6. The predicted molar refractivity (Wildman–Crippen MR) is 118 cm³/mol. The number of benzene rings is 2. The van der Waals surface area contributed by atoms with Crippen molar-refractivity contribution in [1.82, 2.24) is 14.3 Å². The molecule has 4 rings (SSSR count). The summed E-state index contributed by atoms with van der Waals surface area (Å²) >= 11 is 1.35. The van der Waals surface area contributed by atoms with Crippen molar-refractivity contribution >= 4 is 22.6 Å². The zero-order valence-corrected chi connectivity index (χ0v) is 18.4. The topological polar surface area (TPSA) is 49.3 Å². The Morgan fingerprint density at radius 1 is 1.00 bits per heavy atom. The summed E-state index contributed by atoms with van der Waals surface area (Å²) in [5.41, 5.74) is 1.88. The summed E-state index contributed by atoms with van der Waals surface area (Å²) < 4.78 is 42.8. The molecule has 1 saturated heterocycles. The Labute approximate surface area is 188 Å². The Hall–Kier alpha value is -2.94. The van der Waals surface area contributed by atoms with E-state index in [4.69, 9.17) is 0 Å². The lowest BCUT2D eigenvalue weighted by Crippen LogP contribution is -2.35. The highest BCUT2D eigenvalue weighted by molar-refractivity contribution is 7.09. The lowest BCUT2D eigenvalue weighted by atomic mass is 10.1. The number of carbonyl (C=O) groups is 1. The van der Waals surface area contributed by atoms with Crippen molar-refractivity contribution in [3.63, 3.8) is 0 Å². The zero-order chi connectivity index (χ0) is 22.7. The van der Waals surface area contributed by atoms with E-state index in [0.717, 1.165) is 41.6 Å². The maximum absolute atomic E-state index is 12.8. The molecule has 3 aromatic rings. The molecule has 0 N–H and O–H groups in total. The van der Waals surface area contributed by atoms with Crippen LogP contribution in [0.4, 0.5) is 18.3 Å². The first-order valence-corrected chi connectivity index (χ1v) is 11.2. The van der Waals surface area contributed by atoms with E-state index in [9.17, 15) is 18.0 Å². The van der Waals surface area contributed by atoms with Gasteiger partial charge in [0.25, 0.3) is 5.91 Å². The molecule has 0 atom stereocenters. The van der Waals surface area contributed by atoms with Crippen LogP contribution in [0.5, 0.6) is 0 Å². The molecule has 1 aliphatic rings. The number of aromatic nitrogens is 2. The van der Waals surface area contributed by atoms with E-state index in [2.05, 4.69) is 38.5 Å². The van der Waals surface area contributed by atoms with Gasteiger partial charge in [0.1, 0.15) is 5.82 Å². The van der Waals surface area contributed by atoms with Gasteiger partial charge in [-0.15, -0.1) is 0 Å². The van der Waals surface area contributed by atoms with E-state index in [1.54, 1.807) is 4.90 Å². The molecule has 32 heavy (non-hydrogen) atoms. The van der Waals surface area contributed by atoms with Gasteiger partial charge in [-0.25, -0.2) is 4.98 Å². The fraction of sp³-hybridized carbons (Fsp3) is 0.348. The van der Waals surface area contributed by atoms with Crippen molar-refractivity contribution in [2.45, 2.75) is 25.9 Å². The molecule has 168 valence electrons. The molecular weight excluding hydrogens is 437 g/mol. The maximum atomic E-state index is 12.8. The molecule has 1 fully saturated rings. The summed E-state index contributed by atoms with van der Waals surface area (Å²) in [5, 5.41) is 0.830. The van der Waals surface area contributed by atoms with Gasteiger partial charge in [0, 0.05) is 49.7 Å². The molecule has 0 radical (unpaired) electrons. The standard InChI is InChI=1S/C23H23F3N4OS/c1-16-3-5-17(6-4-16)15-20-27-22(32-28-20)30-12-2-11-29(13-14-30)21(31)18-7-9-19(10-8-18)23(24,25)26/h3-10H,2,11-15H2,1H3. The van der Waals surface area contributed by atoms with Crippen LogP contribution in [0.1, 0.15) is 39.3 Å². The summed E-state index contributed by atoms with van der Waals surface area (Å²) in [6, 6.07) is 12.7. The molecule has 0 bridgehead atoms. The van der Waals surface area contributed by atoms with E-state index < -0.39 is 11.7 Å². The molecule has 1 aromatic heterocycles. The molecule has 2 heterocycles. The lowest BCUT2D eigenvalue weighted by molar-refractivity contribution is -0.137. The SMILES string of the molecule is Cc1ccc(Cc2nsc(N3CCCN(C(=O)c4ccc(C(F)(F)F)cc4)CC3)n2)cc1. The van der Waals surface area contributed by atoms with Gasteiger partial charge in [-0.3, -0.25) is 4.79 Å². The summed E-state index contributed by atoms with van der Waals surface area (Å²) in [4.78, 5) is 21.3. The van der Waals surface area contributed by atoms with Crippen LogP contribution in [0.2, 0.25) is 0 Å². The highest BCUT2D eigenvalue weighted by atomic mass is 32.1. The van der Waals surface area contributed by atoms with E-state index >= 15 is 0 Å². The Balaban J connectivity index is 1.37. The van der Waals surface area contributed by atoms with Crippen LogP contribution in [-0.2, 0) is 12.6 Å². The first kappa shape index (κ1) is 22.3. The first-order chi connectivity index (χ1) is 15.3. The normalized spacial score (nSPS) is 15.0. The van der Waals surface area contributed by atoms with Gasteiger partial charge in [-0.1, -0.05) is 29.8 Å². The van der Waals surface area contributed by atoms with E-state index in [0.29, 0.717) is 26.1 Å². The molecule has 1 amide bonds. The number of halogens is 3. The molecule has 1 aliphatic heterocycles. The predicted octanol–water partition coefficient (Wildman–Crippen LogP) is 4.81. The Bertz CT molecular complexity index is 1060. The number of alkyl halides is 3. The molecule has 2 aromatic carbocycles. The maximum Gasteiger partial charge on any atom is 0.416 e. The van der Waals surface area contributed by atoms with Crippen molar-refractivity contribution < 1.29 is 18.0 Å². The van der Waals surface area contributed by atoms with Gasteiger partial charge in [0.2, 0.25) is 5.13 Å². The Morgan fingerprint density at radius 3 is 2.41 bits per heavy atom. The van der Waals surface area contributed by atoms with Crippen LogP contribution in [-0.4, -0.2) is 46.3 Å². The van der Waals surface area contributed by atoms with Gasteiger partial charge in [0.15, 0.2) is 0 Å². The number of rotatable bonds is 4. The van der Waals surface area contributed by atoms with Crippen LogP contribution in [0, 0.1) is 6.92 Å². The van der Waals surface area contributed by atoms with E-state index in [1.165, 1.54) is 29.2 Å². The highest BCUT2D eigenvalue weighted by Gasteiger charge is 2.30. The Morgan fingerprint density at radius 2 is 1.72 bits per heavy atom. The first-order valence-electron chi connectivity index (χ1n) is 10.4. The fourth-order valence-corrected chi connectivity index (χ4v) is 4.37. The van der Waals surface area contributed by atoms with Crippen molar-refractivity contribution in [1.29, 1.82) is 0 Å². The van der Waals surface area contributed by atoms with Crippen molar-refractivity contribution in [2.75, 3.05) is 31.1 Å². The van der Waals surface area contributed by atoms with Crippen LogP contribution in [0.25, 0.3) is 0 Å². The average molecular weight is 461 g/mol. The number of carbonyl (C=O) groups excluding carboxylic acids is 1. The second-order valence-corrected chi connectivity index (χ2v) is 8.59. The molecule has 0 saturated carbocycles. The number of anilines is 1. The van der Waals surface area contributed by atoms with Crippen LogP contribution < -0.4 is 4.90 Å². The summed E-state index contributed by atoms with van der Waals surface area (Å²) in [5.74, 6) is 0.522. The van der Waals surface area contributed by atoms with Gasteiger partial charge < -0.3 is 9.80 Å². The van der Waals surface area contributed by atoms with Gasteiger partial charge in [-0.2, -0.15) is 17.5 Å². The second-order valence-electron chi connectivity index (χ2n) is 7.86. The van der Waals surface area contributed by atoms with Crippen molar-refractivity contribution in [3.8, 4) is 0 Å². The van der Waals surface area contributed by atoms with Crippen LogP contribution in [0.3, 0.4) is 0 Å². The molecular formula is C23H23F3N4OS. The number of nitrogens with zero attached hydrogens (tertiary/aromatic N) is 4. The number of amides is 1. The third-order valence-corrected chi connectivity index (χ3v) is 6.27. The third kappa shape index (κ3) is 5.27. The van der Waals surface area contributed by atoms with E-state index in [1.807, 2.05) is 6.92 Å². The molecule has 0 spiro atoms. The molecule has 9 heteroatoms. The van der Waals surface area contributed by atoms with E-state index in [-0.39, 0.29) is 11.5 Å². The van der Waals surface area contributed by atoms with Crippen molar-refractivity contribution in [3.05, 3.63) is 76.6 Å². The number of hydrogen-bond donors (Lipinski definition) is 0. The Kier molecular flexibility index (Phi) is 6.45. The summed E-state index contributed by atoms with van der Waals surface area (Å²) in [6.45, 7) is 4.42. The molecule has 0 unspecified atom stereocenters. The van der Waals surface area contributed by atoms with Crippen molar-refractivity contribution in [2.24, 2.45) is 0 Å². The average Bonchev–Trinajstić information content (AvgIpc) is 3.09. The molecule has 5 nitrogen and oxygen atoms in total. The minimum Gasteiger partial charge on any atom is -0.345 e. The number of hydrogen-bond acceptors (Lipinski definition) is 5. The summed E-state index contributed by atoms with van der Waals surface area (Å²) in [7, 11) is 0. The third-order valence-electron chi connectivity index (χ3n) is 5.45. The van der Waals surface area contributed by atoms with Gasteiger partial charge in [-0.05, 0) is 43.2 Å². The smallest absolute Gasteiger partial charge is 0.345 e. The van der Waals surface area contributed by atoms with Crippen LogP contribution in [0.15, 0.2) is 48.5 Å². The van der Waals surface area contributed by atoms with Crippen LogP contribution >= 0.6 is 11.5 Å². The quantitative estimate of drug-likeness (QED) is 0.561. The summed E-state index contributed by atoms with van der Waals surface area (Å²) in [6.07, 6.45) is -2.99. The molecule has 0 aliphatic carbocycles. The second kappa shape index (κ2) is 9.28. The lowest BCUT2D eigenvalue weighted by Gasteiger charge is -2.21. The fourth-order valence-electron chi connectivity index (χ4n) is 3.63. The highest BCUT2D eigenvalue weighted by Crippen LogP contribution is 2.29. The minimum absolute atomic E-state index is 0.252. The monoisotopic (exact) mass is 460 g/mol. The number of aryl methyl sites for hydroxylation is 1. The van der Waals surface area contributed by atoms with Gasteiger partial charge >= 0.3 is 6.18 Å². The van der Waals surface area contributed by atoms with Gasteiger partial charge in [0.05, 0.1) is 5.56 Å². The minimum atomic E-state index is -4.41.